The number of nitrogens with zero attached hydrogens (tertiary/aromatic N) is 1. The molecule has 2 N–H and O–H groups in total. The van der Waals surface area contributed by atoms with Gasteiger partial charge in [-0.2, -0.15) is 0 Å². The molecule has 2 amide bonds. The largest absolute Gasteiger partial charge is 0.354 e. The molecule has 6 heteroatoms. The van der Waals surface area contributed by atoms with E-state index in [1.807, 2.05) is 0 Å². The summed E-state index contributed by atoms with van der Waals surface area (Å²) in [4.78, 5) is 28.9. The van der Waals surface area contributed by atoms with Crippen LogP contribution in [0.1, 0.15) is 45.4 Å². The highest BCUT2D eigenvalue weighted by Gasteiger charge is 2.53. The lowest BCUT2D eigenvalue weighted by molar-refractivity contribution is -0.133. The average Bonchev–Trinajstić information content (AvgIpc) is 3.00. The normalized spacial score (nSPS) is 39.4. The van der Waals surface area contributed by atoms with Crippen molar-refractivity contribution in [2.75, 3.05) is 6.54 Å². The van der Waals surface area contributed by atoms with Crippen molar-refractivity contribution in [3.8, 4) is 0 Å². The molecule has 2 aliphatic heterocycles. The summed E-state index contributed by atoms with van der Waals surface area (Å²) in [6, 6.07) is 0.310. The fourth-order valence-corrected chi connectivity index (χ4v) is 4.54. The molecule has 1 saturated carbocycles. The van der Waals surface area contributed by atoms with Crippen molar-refractivity contribution in [3.05, 3.63) is 0 Å². The summed E-state index contributed by atoms with van der Waals surface area (Å²) < 4.78 is -0.958. The number of aliphatic imine (C=N–C) groups is 1. The third kappa shape index (κ3) is 2.34. The van der Waals surface area contributed by atoms with Crippen molar-refractivity contribution in [2.24, 2.45) is 10.9 Å². The lowest BCUT2D eigenvalue weighted by Crippen LogP contribution is -2.53. The Bertz CT molecular complexity index is 465. The number of amides is 2. The van der Waals surface area contributed by atoms with E-state index in [2.05, 4.69) is 22.5 Å². The molecule has 1 spiro atoms. The average molecular weight is 295 g/mol. The van der Waals surface area contributed by atoms with Gasteiger partial charge in [-0.25, -0.2) is 0 Å². The highest BCUT2D eigenvalue weighted by molar-refractivity contribution is 8.17. The standard InChI is InChI=1S/C14H21N3O2S/c1-2-9-4-5-10(8-9)16-13-17-12(19)14(20-13)6-3-7-15-11(14)18/h9-10H,2-8H2,1H3,(H,15,18)(H,16,17,19)/t9-,10+,14?/m0/s1. The van der Waals surface area contributed by atoms with Crippen LogP contribution in [0.15, 0.2) is 4.99 Å². The first kappa shape index (κ1) is 13.9. The van der Waals surface area contributed by atoms with Crippen LogP contribution in [0.25, 0.3) is 0 Å². The summed E-state index contributed by atoms with van der Waals surface area (Å²) >= 11 is 1.32. The van der Waals surface area contributed by atoms with Crippen molar-refractivity contribution in [1.29, 1.82) is 0 Å². The molecule has 0 aromatic heterocycles. The lowest BCUT2D eigenvalue weighted by atomic mass is 9.97. The van der Waals surface area contributed by atoms with Crippen LogP contribution >= 0.6 is 11.8 Å². The molecule has 1 unspecified atom stereocenters. The van der Waals surface area contributed by atoms with Crippen LogP contribution < -0.4 is 10.6 Å². The summed E-state index contributed by atoms with van der Waals surface area (Å²) in [5, 5.41) is 6.26. The van der Waals surface area contributed by atoms with Gasteiger partial charge in [-0.3, -0.25) is 14.6 Å². The number of carbonyl (C=O) groups excluding carboxylic acids is 2. The van der Waals surface area contributed by atoms with Crippen LogP contribution in [0.3, 0.4) is 0 Å². The quantitative estimate of drug-likeness (QED) is 0.757. The number of amidine groups is 1. The van der Waals surface area contributed by atoms with E-state index in [0.717, 1.165) is 25.2 Å². The second-order valence-corrected chi connectivity index (χ2v) is 7.21. The van der Waals surface area contributed by atoms with Crippen molar-refractivity contribution in [3.63, 3.8) is 0 Å². The van der Waals surface area contributed by atoms with Crippen LogP contribution in [-0.4, -0.2) is 34.3 Å². The van der Waals surface area contributed by atoms with Crippen molar-refractivity contribution in [2.45, 2.75) is 56.2 Å². The highest BCUT2D eigenvalue weighted by Crippen LogP contribution is 2.39. The van der Waals surface area contributed by atoms with Gasteiger partial charge in [-0.05, 0) is 38.0 Å². The second-order valence-electron chi connectivity index (χ2n) is 5.92. The van der Waals surface area contributed by atoms with Crippen molar-refractivity contribution in [1.82, 2.24) is 10.6 Å². The first-order valence-corrected chi connectivity index (χ1v) is 8.32. The van der Waals surface area contributed by atoms with Crippen LogP contribution in [-0.2, 0) is 9.59 Å². The molecule has 0 aromatic carbocycles. The van der Waals surface area contributed by atoms with E-state index in [9.17, 15) is 9.59 Å². The van der Waals surface area contributed by atoms with Gasteiger partial charge >= 0.3 is 0 Å². The van der Waals surface area contributed by atoms with Gasteiger partial charge in [-0.1, -0.05) is 25.1 Å². The van der Waals surface area contributed by atoms with E-state index in [1.165, 1.54) is 24.6 Å². The Hall–Kier alpha value is -1.04. The fourth-order valence-electron chi connectivity index (χ4n) is 3.31. The Morgan fingerprint density at radius 3 is 2.90 bits per heavy atom. The number of nitrogens with one attached hydrogen (secondary N) is 2. The molecule has 20 heavy (non-hydrogen) atoms. The maximum atomic E-state index is 12.2. The molecule has 3 rings (SSSR count). The van der Waals surface area contributed by atoms with Crippen LogP contribution in [0, 0.1) is 5.92 Å². The predicted octanol–water partition coefficient (Wildman–Crippen LogP) is 1.43. The Morgan fingerprint density at radius 2 is 2.20 bits per heavy atom. The molecule has 1 aliphatic carbocycles. The van der Waals surface area contributed by atoms with Gasteiger partial charge in [0.2, 0.25) is 5.91 Å². The molecular weight excluding hydrogens is 274 g/mol. The first-order valence-electron chi connectivity index (χ1n) is 7.50. The van der Waals surface area contributed by atoms with E-state index in [-0.39, 0.29) is 11.8 Å². The Labute approximate surface area is 123 Å². The molecule has 0 radical (unpaired) electrons. The maximum absolute atomic E-state index is 12.2. The number of thioether (sulfide) groups is 1. The fraction of sp³-hybridized carbons (Fsp3) is 0.786. The molecule has 110 valence electrons. The summed E-state index contributed by atoms with van der Waals surface area (Å²) in [6.07, 6.45) is 6.08. The van der Waals surface area contributed by atoms with Crippen LogP contribution in [0.2, 0.25) is 0 Å². The molecule has 3 atom stereocenters. The molecule has 0 bridgehead atoms. The van der Waals surface area contributed by atoms with Crippen molar-refractivity contribution >= 4 is 28.7 Å². The summed E-state index contributed by atoms with van der Waals surface area (Å²) in [6.45, 7) is 2.88. The minimum atomic E-state index is -0.958. The van der Waals surface area contributed by atoms with E-state index in [1.54, 1.807) is 0 Å². The number of rotatable bonds is 2. The minimum Gasteiger partial charge on any atom is -0.354 e. The van der Waals surface area contributed by atoms with Crippen molar-refractivity contribution < 1.29 is 9.59 Å². The van der Waals surface area contributed by atoms with Gasteiger partial charge in [-0.15, -0.1) is 0 Å². The molecule has 2 heterocycles. The smallest absolute Gasteiger partial charge is 0.252 e. The number of hydrogen-bond donors (Lipinski definition) is 2. The number of carbonyl (C=O) groups is 2. The lowest BCUT2D eigenvalue weighted by Gasteiger charge is -2.27. The molecule has 2 saturated heterocycles. The summed E-state index contributed by atoms with van der Waals surface area (Å²) in [7, 11) is 0. The van der Waals surface area contributed by atoms with Crippen LogP contribution in [0.5, 0.6) is 0 Å². The van der Waals surface area contributed by atoms with E-state index >= 15 is 0 Å². The topological polar surface area (TPSA) is 70.6 Å². The minimum absolute atomic E-state index is 0.158. The Balaban J connectivity index is 1.72. The zero-order chi connectivity index (χ0) is 14.2. The monoisotopic (exact) mass is 295 g/mol. The van der Waals surface area contributed by atoms with Gasteiger partial charge in [0.05, 0.1) is 6.04 Å². The zero-order valence-electron chi connectivity index (χ0n) is 11.8. The first-order chi connectivity index (χ1) is 9.64. The maximum Gasteiger partial charge on any atom is 0.252 e. The number of piperidine rings is 1. The zero-order valence-corrected chi connectivity index (χ0v) is 12.6. The molecule has 5 nitrogen and oxygen atoms in total. The van der Waals surface area contributed by atoms with Gasteiger partial charge in [0.25, 0.3) is 5.91 Å². The third-order valence-electron chi connectivity index (χ3n) is 4.61. The second kappa shape index (κ2) is 5.39. The van der Waals surface area contributed by atoms with Gasteiger partial charge in [0, 0.05) is 6.54 Å². The summed E-state index contributed by atoms with van der Waals surface area (Å²) in [5.41, 5.74) is 0. The SMILES string of the molecule is CC[C@H]1CC[C@@H](N=C2NC(=O)C3(CCCNC3=O)S2)C1. The molecular formula is C14H21N3O2S. The Kier molecular flexibility index (Phi) is 3.75. The predicted molar refractivity (Wildman–Crippen MR) is 79.6 cm³/mol. The van der Waals surface area contributed by atoms with E-state index in [4.69, 9.17) is 0 Å². The molecule has 0 aromatic rings. The highest BCUT2D eigenvalue weighted by atomic mass is 32.2. The van der Waals surface area contributed by atoms with E-state index in [0.29, 0.717) is 24.2 Å². The summed E-state index contributed by atoms with van der Waals surface area (Å²) in [5.74, 6) is 0.413. The van der Waals surface area contributed by atoms with Crippen LogP contribution in [0.4, 0.5) is 0 Å². The van der Waals surface area contributed by atoms with E-state index < -0.39 is 4.75 Å². The van der Waals surface area contributed by atoms with Gasteiger partial charge in [0.15, 0.2) is 9.91 Å². The van der Waals surface area contributed by atoms with Gasteiger partial charge in [0.1, 0.15) is 0 Å². The molecule has 3 fully saturated rings. The Morgan fingerprint density at radius 1 is 1.35 bits per heavy atom. The van der Waals surface area contributed by atoms with Gasteiger partial charge < -0.3 is 10.6 Å². The molecule has 3 aliphatic rings. The third-order valence-corrected chi connectivity index (χ3v) is 5.93. The number of hydrogen-bond acceptors (Lipinski definition) is 4.